The molecule has 1 amide bonds. The summed E-state index contributed by atoms with van der Waals surface area (Å²) in [6, 6.07) is 23.6. The highest BCUT2D eigenvalue weighted by molar-refractivity contribution is 7.93. The maximum absolute atomic E-state index is 13.2. The van der Waals surface area contributed by atoms with Gasteiger partial charge in [-0.15, -0.1) is 5.10 Å². The molecule has 0 aliphatic carbocycles. The lowest BCUT2D eigenvalue weighted by Gasteiger charge is -2.36. The minimum Gasteiger partial charge on any atom is -0.508 e. The summed E-state index contributed by atoms with van der Waals surface area (Å²) in [6.45, 7) is 0.0139. The SMILES string of the molecule is O=C(CNCCS(=O)(=O)c1nn2cc(-c3ccccc3)nc2s1)NCc1ccc2c(c1)C1(OC2=O)c2ccc(O)cc2Oc2cc(O)ccc21. The van der Waals surface area contributed by atoms with Gasteiger partial charge in [-0.25, -0.2) is 22.7 Å². The van der Waals surface area contributed by atoms with Crippen molar-refractivity contribution >= 4 is 38.0 Å². The first-order valence-electron chi connectivity index (χ1n) is 15.4. The van der Waals surface area contributed by atoms with Gasteiger partial charge in [0.2, 0.25) is 25.0 Å². The summed E-state index contributed by atoms with van der Waals surface area (Å²) in [5, 5.41) is 30.2. The molecule has 0 fully saturated rings. The Balaban J connectivity index is 0.924. The number of rotatable bonds is 9. The van der Waals surface area contributed by atoms with Crippen LogP contribution in [0.4, 0.5) is 0 Å². The highest BCUT2D eigenvalue weighted by atomic mass is 32.2. The first-order valence-corrected chi connectivity index (χ1v) is 17.9. The molecular weight excluding hydrogens is 683 g/mol. The van der Waals surface area contributed by atoms with Crippen LogP contribution in [0.3, 0.4) is 0 Å². The number of nitrogens with zero attached hydrogens (tertiary/aromatic N) is 3. The van der Waals surface area contributed by atoms with Crippen LogP contribution in [0, 0.1) is 0 Å². The molecule has 2 aliphatic rings. The zero-order chi connectivity index (χ0) is 34.6. The number of ether oxygens (including phenoxy) is 2. The molecular formula is C35H27N5O8S2. The fourth-order valence-electron chi connectivity index (χ4n) is 6.17. The standard InChI is InChI=1S/C35H27N5O8S2/c41-22-7-10-25-29(15-22)47-30-16-23(42)8-11-26(30)35(25)27-14-20(6-9-24(27)32(44)48-35)17-37-31(43)18-36-12-13-50(45,46)34-39-40-19-28(38-33(40)49-34)21-4-2-1-3-5-21/h1-11,14-16,19,36,41-42H,12-13,17-18H2,(H,37,43). The number of aromatic hydroxyl groups is 2. The number of carbonyl (C=O) groups is 2. The van der Waals surface area contributed by atoms with Crippen LogP contribution in [-0.2, 0) is 31.5 Å². The average molecular weight is 710 g/mol. The summed E-state index contributed by atoms with van der Waals surface area (Å²) >= 11 is 0.987. The Hall–Kier alpha value is -5.77. The van der Waals surface area contributed by atoms with E-state index in [9.17, 15) is 28.2 Å². The second-order valence-corrected chi connectivity index (χ2v) is 15.0. The third-order valence-electron chi connectivity index (χ3n) is 8.52. The quantitative estimate of drug-likeness (QED) is 0.125. The van der Waals surface area contributed by atoms with Crippen molar-refractivity contribution in [1.82, 2.24) is 25.2 Å². The van der Waals surface area contributed by atoms with Gasteiger partial charge in [0, 0.05) is 47.5 Å². The lowest BCUT2D eigenvalue weighted by atomic mass is 9.77. The molecule has 15 heteroatoms. The molecule has 50 heavy (non-hydrogen) atoms. The fourth-order valence-corrected chi connectivity index (χ4v) is 8.57. The number of amides is 1. The van der Waals surface area contributed by atoms with Crippen LogP contribution in [0.5, 0.6) is 23.0 Å². The Bertz CT molecular complexity index is 2360. The number of hydrogen-bond donors (Lipinski definition) is 4. The van der Waals surface area contributed by atoms with E-state index < -0.39 is 21.4 Å². The number of benzene rings is 4. The second-order valence-electron chi connectivity index (χ2n) is 11.8. The Morgan fingerprint density at radius 3 is 2.34 bits per heavy atom. The Morgan fingerprint density at radius 2 is 1.64 bits per heavy atom. The van der Waals surface area contributed by atoms with Gasteiger partial charge in [0.1, 0.15) is 23.0 Å². The minimum absolute atomic E-state index is 0.0275. The van der Waals surface area contributed by atoms with E-state index >= 15 is 0 Å². The molecule has 4 heterocycles. The smallest absolute Gasteiger partial charge is 0.340 e. The number of imidazole rings is 1. The van der Waals surface area contributed by atoms with Crippen LogP contribution >= 0.6 is 11.3 Å². The van der Waals surface area contributed by atoms with E-state index in [4.69, 9.17) is 9.47 Å². The predicted molar refractivity (Wildman–Crippen MR) is 181 cm³/mol. The molecule has 8 rings (SSSR count). The van der Waals surface area contributed by atoms with Crippen molar-refractivity contribution in [3.8, 4) is 34.3 Å². The Labute approximate surface area is 288 Å². The highest BCUT2D eigenvalue weighted by Crippen LogP contribution is 2.57. The van der Waals surface area contributed by atoms with Gasteiger partial charge in [-0.1, -0.05) is 47.7 Å². The summed E-state index contributed by atoms with van der Waals surface area (Å²) in [4.78, 5) is 30.9. The molecule has 0 saturated heterocycles. The second kappa shape index (κ2) is 12.0. The summed E-state index contributed by atoms with van der Waals surface area (Å²) in [5.41, 5.74) is 2.68. The Kier molecular flexibility index (Phi) is 7.54. The molecule has 0 radical (unpaired) electrons. The molecule has 2 aromatic heterocycles. The molecule has 1 spiro atoms. The molecule has 4 aromatic carbocycles. The Morgan fingerprint density at radius 1 is 0.920 bits per heavy atom. The summed E-state index contributed by atoms with van der Waals surface area (Å²) in [7, 11) is -3.72. The van der Waals surface area contributed by atoms with E-state index in [2.05, 4.69) is 20.7 Å². The topological polar surface area (TPSA) is 181 Å². The summed E-state index contributed by atoms with van der Waals surface area (Å²) < 4.78 is 39.4. The van der Waals surface area contributed by atoms with Gasteiger partial charge in [0.25, 0.3) is 0 Å². The largest absolute Gasteiger partial charge is 0.508 e. The van der Waals surface area contributed by atoms with Gasteiger partial charge < -0.3 is 30.3 Å². The van der Waals surface area contributed by atoms with Crippen molar-refractivity contribution in [2.45, 2.75) is 16.5 Å². The number of nitrogens with one attached hydrogen (secondary N) is 2. The lowest BCUT2D eigenvalue weighted by molar-refractivity contribution is -0.120. The van der Waals surface area contributed by atoms with Gasteiger partial charge in [0.15, 0.2) is 5.60 Å². The van der Waals surface area contributed by atoms with E-state index in [1.807, 2.05) is 30.3 Å². The molecule has 252 valence electrons. The average Bonchev–Trinajstić information content (AvgIpc) is 3.77. The van der Waals surface area contributed by atoms with Gasteiger partial charge in [-0.05, 0) is 42.0 Å². The molecule has 13 nitrogen and oxygen atoms in total. The lowest BCUT2D eigenvalue weighted by Crippen LogP contribution is -2.35. The zero-order valence-electron chi connectivity index (χ0n) is 26.0. The number of aromatic nitrogens is 3. The van der Waals surface area contributed by atoms with Crippen molar-refractivity contribution in [1.29, 1.82) is 0 Å². The van der Waals surface area contributed by atoms with E-state index in [0.717, 1.165) is 16.9 Å². The molecule has 2 aliphatic heterocycles. The van der Waals surface area contributed by atoms with Crippen LogP contribution in [0.25, 0.3) is 16.2 Å². The van der Waals surface area contributed by atoms with Gasteiger partial charge in [-0.2, -0.15) is 0 Å². The van der Waals surface area contributed by atoms with Gasteiger partial charge in [0.05, 0.1) is 29.8 Å². The first-order chi connectivity index (χ1) is 24.1. The first kappa shape index (κ1) is 31.5. The number of fused-ring (bicyclic) bond motifs is 7. The van der Waals surface area contributed by atoms with Crippen LogP contribution < -0.4 is 15.4 Å². The maximum Gasteiger partial charge on any atom is 0.340 e. The number of phenols is 2. The van der Waals surface area contributed by atoms with Crippen molar-refractivity contribution in [2.75, 3.05) is 18.8 Å². The van der Waals surface area contributed by atoms with E-state index in [-0.39, 0.29) is 58.6 Å². The maximum atomic E-state index is 13.2. The summed E-state index contributed by atoms with van der Waals surface area (Å²) in [5.74, 6) is -0.754. The molecule has 0 saturated carbocycles. The van der Waals surface area contributed by atoms with Crippen LogP contribution in [0.2, 0.25) is 0 Å². The number of carbonyl (C=O) groups excluding carboxylic acids is 2. The number of phenolic OH excluding ortho intramolecular Hbond substituents is 2. The van der Waals surface area contributed by atoms with E-state index in [0.29, 0.717) is 38.5 Å². The van der Waals surface area contributed by atoms with Crippen molar-refractivity contribution < 1.29 is 37.7 Å². The number of sulfone groups is 1. The predicted octanol–water partition coefficient (Wildman–Crippen LogP) is 4.12. The molecule has 0 bridgehead atoms. The zero-order valence-corrected chi connectivity index (χ0v) is 27.6. The van der Waals surface area contributed by atoms with Crippen LogP contribution in [0.1, 0.15) is 32.6 Å². The molecule has 0 atom stereocenters. The fraction of sp³-hybridized carbons (Fsp3) is 0.143. The summed E-state index contributed by atoms with van der Waals surface area (Å²) in [6.07, 6.45) is 1.69. The monoisotopic (exact) mass is 709 g/mol. The molecule has 6 aromatic rings. The van der Waals surface area contributed by atoms with E-state index in [1.165, 1.54) is 28.8 Å². The van der Waals surface area contributed by atoms with Crippen LogP contribution in [-0.4, -0.2) is 63.9 Å². The minimum atomic E-state index is -3.72. The number of esters is 1. The normalized spacial score (nSPS) is 14.1. The van der Waals surface area contributed by atoms with Gasteiger partial charge in [-0.3, -0.25) is 4.79 Å². The highest BCUT2D eigenvalue weighted by Gasteiger charge is 2.53. The molecule has 4 N–H and O–H groups in total. The van der Waals surface area contributed by atoms with Gasteiger partial charge >= 0.3 is 5.97 Å². The van der Waals surface area contributed by atoms with Crippen molar-refractivity contribution in [3.63, 3.8) is 0 Å². The van der Waals surface area contributed by atoms with Crippen molar-refractivity contribution in [2.24, 2.45) is 0 Å². The third kappa shape index (κ3) is 5.41. The van der Waals surface area contributed by atoms with E-state index in [1.54, 1.807) is 36.5 Å². The number of hydrogen-bond acceptors (Lipinski definition) is 12. The third-order valence-corrected chi connectivity index (χ3v) is 11.6. The van der Waals surface area contributed by atoms with Crippen LogP contribution in [0.15, 0.2) is 95.5 Å². The molecule has 0 unspecified atom stereocenters. The van der Waals surface area contributed by atoms with Crippen molar-refractivity contribution in [3.05, 3.63) is 119 Å².